The van der Waals surface area contributed by atoms with Gasteiger partial charge in [0.2, 0.25) is 0 Å². The quantitative estimate of drug-likeness (QED) is 0.0838. The van der Waals surface area contributed by atoms with Gasteiger partial charge in [-0.25, -0.2) is 13.1 Å². The zero-order valence-corrected chi connectivity index (χ0v) is 32.7. The first-order valence-electron chi connectivity index (χ1n) is 18.5. The van der Waals surface area contributed by atoms with Crippen molar-refractivity contribution in [3.05, 3.63) is 176 Å². The topological polar surface area (TPSA) is 156 Å². The highest BCUT2D eigenvalue weighted by Gasteiger charge is 2.27. The maximum atomic E-state index is 13.7. The number of benzene rings is 5. The van der Waals surface area contributed by atoms with Crippen LogP contribution in [-0.4, -0.2) is 61.4 Å². The van der Waals surface area contributed by atoms with Gasteiger partial charge in [0.1, 0.15) is 17.2 Å². The van der Waals surface area contributed by atoms with Crippen LogP contribution in [0.5, 0.6) is 11.5 Å². The molecule has 1 aliphatic rings. The summed E-state index contributed by atoms with van der Waals surface area (Å²) in [5, 5.41) is 15.6. The minimum Gasteiger partial charge on any atom is -0.456 e. The van der Waals surface area contributed by atoms with Crippen LogP contribution in [0, 0.1) is 10.1 Å². The summed E-state index contributed by atoms with van der Waals surface area (Å²) in [5.74, 6) is -0.393. The third kappa shape index (κ3) is 9.54. The van der Waals surface area contributed by atoms with E-state index in [1.54, 1.807) is 54.7 Å². The van der Waals surface area contributed by atoms with E-state index in [2.05, 4.69) is 32.0 Å². The van der Waals surface area contributed by atoms with Crippen molar-refractivity contribution < 1.29 is 22.9 Å². The van der Waals surface area contributed by atoms with Crippen LogP contribution in [0.25, 0.3) is 11.1 Å². The van der Waals surface area contributed by atoms with E-state index in [9.17, 15) is 28.1 Å². The van der Waals surface area contributed by atoms with E-state index >= 15 is 0 Å². The van der Waals surface area contributed by atoms with Crippen molar-refractivity contribution in [3.8, 4) is 22.6 Å². The highest BCUT2D eigenvalue weighted by Crippen LogP contribution is 2.33. The molecule has 58 heavy (non-hydrogen) atoms. The van der Waals surface area contributed by atoms with Crippen LogP contribution in [0.4, 0.5) is 17.1 Å². The Kier molecular flexibility index (Phi) is 12.2. The lowest BCUT2D eigenvalue weighted by Gasteiger charge is -2.36. The molecule has 6 aromatic rings. The lowest BCUT2D eigenvalue weighted by molar-refractivity contribution is -0.384. The molecule has 2 N–H and O–H groups in total. The van der Waals surface area contributed by atoms with E-state index in [4.69, 9.17) is 16.3 Å². The van der Waals surface area contributed by atoms with Crippen LogP contribution < -0.4 is 25.2 Å². The van der Waals surface area contributed by atoms with Crippen molar-refractivity contribution in [2.24, 2.45) is 0 Å². The van der Waals surface area contributed by atoms with E-state index < -0.39 is 31.4 Å². The number of nitro groups is 1. The number of sulfonamides is 1. The molecule has 296 valence electrons. The number of ether oxygens (including phenoxy) is 1. The Balaban J connectivity index is 1.06. The zero-order chi connectivity index (χ0) is 40.6. The van der Waals surface area contributed by atoms with Crippen LogP contribution in [0.1, 0.15) is 15.9 Å². The van der Waals surface area contributed by atoms with Crippen molar-refractivity contribution >= 4 is 44.6 Å². The number of hydrogen-bond donors (Lipinski definition) is 2. The molecule has 0 atom stereocenters. The standard InChI is InChI=1S/C43H39ClN6O7S/c44-33-15-13-31(14-16-33)37-11-5-4-8-32(37)30-47-24-26-48(27-25-47)34-17-19-38(41(28-34)57-35-9-2-1-3-10-35)43(52)46-58(55,56)36-18-20-39(40(29-36)50(53)54)45-21-23-49-22-7-6-12-42(49)51/h1-20,22,28-29,45H,21,23-27,30H2,(H,46,52). The molecule has 1 amide bonds. The van der Waals surface area contributed by atoms with Gasteiger partial charge in [0, 0.05) is 80.9 Å². The monoisotopic (exact) mass is 818 g/mol. The molecule has 1 aliphatic heterocycles. The van der Waals surface area contributed by atoms with Gasteiger partial charge in [0.25, 0.3) is 27.2 Å². The van der Waals surface area contributed by atoms with E-state index in [1.807, 2.05) is 42.5 Å². The van der Waals surface area contributed by atoms with Crippen LogP contribution >= 0.6 is 11.6 Å². The summed E-state index contributed by atoms with van der Waals surface area (Å²) in [7, 11) is -4.58. The molecule has 0 unspecified atom stereocenters. The van der Waals surface area contributed by atoms with E-state index in [0.29, 0.717) is 23.9 Å². The molecule has 5 aromatic carbocycles. The van der Waals surface area contributed by atoms with Crippen LogP contribution in [0.2, 0.25) is 5.02 Å². The normalized spacial score (nSPS) is 13.2. The Morgan fingerprint density at radius 2 is 1.55 bits per heavy atom. The number of nitrogens with one attached hydrogen (secondary N) is 2. The van der Waals surface area contributed by atoms with E-state index in [-0.39, 0.29) is 35.6 Å². The first kappa shape index (κ1) is 39.7. The molecule has 0 aliphatic carbocycles. The number of pyridine rings is 1. The molecular formula is C43H39ClN6O7S. The molecular weight excluding hydrogens is 780 g/mol. The van der Waals surface area contributed by atoms with Crippen molar-refractivity contribution in [2.75, 3.05) is 42.9 Å². The lowest BCUT2D eigenvalue weighted by atomic mass is 9.99. The number of halogens is 1. The third-order valence-corrected chi connectivity index (χ3v) is 11.3. The number of carbonyl (C=O) groups excluding carboxylic acids is 1. The zero-order valence-electron chi connectivity index (χ0n) is 31.2. The minimum atomic E-state index is -4.58. The molecule has 0 bridgehead atoms. The molecule has 0 saturated carbocycles. The van der Waals surface area contributed by atoms with Gasteiger partial charge in [0.15, 0.2) is 0 Å². The molecule has 0 spiro atoms. The summed E-state index contributed by atoms with van der Waals surface area (Å²) in [4.78, 5) is 41.1. The lowest BCUT2D eigenvalue weighted by Crippen LogP contribution is -2.46. The fourth-order valence-electron chi connectivity index (χ4n) is 6.74. The minimum absolute atomic E-state index is 0.0439. The molecule has 2 heterocycles. The Labute approximate surface area is 340 Å². The second-order valence-electron chi connectivity index (χ2n) is 13.6. The summed E-state index contributed by atoms with van der Waals surface area (Å²) in [6.45, 7) is 4.08. The summed E-state index contributed by atoms with van der Waals surface area (Å²) >= 11 is 6.14. The number of hydrogen-bond acceptors (Lipinski definition) is 10. The van der Waals surface area contributed by atoms with Crippen LogP contribution in [-0.2, 0) is 23.1 Å². The smallest absolute Gasteiger partial charge is 0.293 e. The largest absolute Gasteiger partial charge is 0.456 e. The number of amides is 1. The second-order valence-corrected chi connectivity index (χ2v) is 15.7. The summed E-state index contributed by atoms with van der Waals surface area (Å²) < 4.78 is 36.7. The maximum Gasteiger partial charge on any atom is 0.293 e. The summed E-state index contributed by atoms with van der Waals surface area (Å²) in [6, 6.07) is 38.0. The number of nitrogens with zero attached hydrogens (tertiary/aromatic N) is 4. The first-order chi connectivity index (χ1) is 28.0. The molecule has 0 radical (unpaired) electrons. The molecule has 7 rings (SSSR count). The Morgan fingerprint density at radius 1 is 0.828 bits per heavy atom. The molecule has 13 nitrogen and oxygen atoms in total. The number of anilines is 2. The second kappa shape index (κ2) is 17.8. The first-order valence-corrected chi connectivity index (χ1v) is 20.3. The predicted molar refractivity (Wildman–Crippen MR) is 224 cm³/mol. The Morgan fingerprint density at radius 3 is 2.29 bits per heavy atom. The number of aromatic nitrogens is 1. The van der Waals surface area contributed by atoms with Crippen molar-refractivity contribution in [1.29, 1.82) is 0 Å². The van der Waals surface area contributed by atoms with Gasteiger partial charge in [-0.2, -0.15) is 0 Å². The van der Waals surface area contributed by atoms with Crippen molar-refractivity contribution in [1.82, 2.24) is 14.2 Å². The predicted octanol–water partition coefficient (Wildman–Crippen LogP) is 7.42. The molecule has 15 heteroatoms. The van der Waals surface area contributed by atoms with Crippen LogP contribution in [0.15, 0.2) is 149 Å². The molecule has 1 aromatic heterocycles. The fraction of sp³-hybridized carbons (Fsp3) is 0.163. The van der Waals surface area contributed by atoms with Gasteiger partial charge in [-0.1, -0.05) is 72.3 Å². The number of rotatable bonds is 14. The fourth-order valence-corrected chi connectivity index (χ4v) is 7.85. The van der Waals surface area contributed by atoms with Gasteiger partial charge >= 0.3 is 0 Å². The molecule has 1 saturated heterocycles. The van der Waals surface area contributed by atoms with Gasteiger partial charge in [-0.05, 0) is 71.3 Å². The summed E-state index contributed by atoms with van der Waals surface area (Å²) in [6.07, 6.45) is 1.59. The number of carbonyl (C=O) groups is 1. The van der Waals surface area contributed by atoms with Gasteiger partial charge < -0.3 is 19.5 Å². The number of nitro benzene ring substituents is 1. The Bertz CT molecular complexity index is 2600. The highest BCUT2D eigenvalue weighted by molar-refractivity contribution is 7.90. The SMILES string of the molecule is O=C(NS(=O)(=O)c1ccc(NCCn2ccccc2=O)c([N+](=O)[O-])c1)c1ccc(N2CCN(Cc3ccccc3-c3ccc(Cl)cc3)CC2)cc1Oc1ccccc1. The van der Waals surface area contributed by atoms with Gasteiger partial charge in [0.05, 0.1) is 15.4 Å². The van der Waals surface area contributed by atoms with Crippen LogP contribution in [0.3, 0.4) is 0 Å². The maximum absolute atomic E-state index is 13.7. The summed E-state index contributed by atoms with van der Waals surface area (Å²) in [5.41, 5.74) is 3.52. The number of para-hydroxylation sites is 1. The van der Waals surface area contributed by atoms with Gasteiger partial charge in [-0.3, -0.25) is 24.6 Å². The average molecular weight is 819 g/mol. The van der Waals surface area contributed by atoms with E-state index in [1.165, 1.54) is 34.4 Å². The highest BCUT2D eigenvalue weighted by atomic mass is 35.5. The van der Waals surface area contributed by atoms with Crippen molar-refractivity contribution in [3.63, 3.8) is 0 Å². The number of piperazine rings is 1. The van der Waals surface area contributed by atoms with Gasteiger partial charge in [-0.15, -0.1) is 0 Å². The molecule has 1 fully saturated rings. The Hall–Kier alpha value is -6.48. The third-order valence-electron chi connectivity index (χ3n) is 9.76. The van der Waals surface area contributed by atoms with E-state index in [0.717, 1.165) is 42.5 Å². The van der Waals surface area contributed by atoms with Crippen molar-refractivity contribution in [2.45, 2.75) is 18.0 Å². The average Bonchev–Trinajstić information content (AvgIpc) is 3.22.